The average Bonchev–Trinajstić information content (AvgIpc) is 2.77. The Hall–Kier alpha value is -3.50. The van der Waals surface area contributed by atoms with Crippen molar-refractivity contribution in [2.75, 3.05) is 31.1 Å². The van der Waals surface area contributed by atoms with Gasteiger partial charge in [-0.25, -0.2) is 4.39 Å². The van der Waals surface area contributed by atoms with Crippen LogP contribution in [0.3, 0.4) is 0 Å². The average molecular weight is 453 g/mol. The highest BCUT2D eigenvalue weighted by molar-refractivity contribution is 5.96. The summed E-state index contributed by atoms with van der Waals surface area (Å²) in [6, 6.07) is 6.25. The number of nitro benzene ring substituents is 1. The minimum absolute atomic E-state index is 0.00472. The normalized spacial score (nSPS) is 15.4. The summed E-state index contributed by atoms with van der Waals surface area (Å²) in [5.74, 6) is -1.99. The van der Waals surface area contributed by atoms with Gasteiger partial charge in [0.2, 0.25) is 0 Å². The summed E-state index contributed by atoms with van der Waals surface area (Å²) in [5.41, 5.74) is -1.89. The van der Waals surface area contributed by atoms with Crippen LogP contribution in [0.5, 0.6) is 0 Å². The van der Waals surface area contributed by atoms with Crippen LogP contribution in [0.15, 0.2) is 36.4 Å². The van der Waals surface area contributed by atoms with Gasteiger partial charge in [-0.2, -0.15) is 13.2 Å². The van der Waals surface area contributed by atoms with Crippen molar-refractivity contribution in [1.29, 1.82) is 0 Å². The van der Waals surface area contributed by atoms with Gasteiger partial charge in [-0.15, -0.1) is 0 Å². The minimum atomic E-state index is -4.86. The first-order valence-electron chi connectivity index (χ1n) is 9.67. The molecule has 0 N–H and O–H groups in total. The van der Waals surface area contributed by atoms with Crippen molar-refractivity contribution in [2.24, 2.45) is 0 Å². The van der Waals surface area contributed by atoms with Crippen LogP contribution in [-0.4, -0.2) is 48.2 Å². The molecule has 2 aromatic carbocycles. The molecule has 1 unspecified atom stereocenters. The number of rotatable bonds is 5. The zero-order chi connectivity index (χ0) is 23.6. The fourth-order valence-corrected chi connectivity index (χ4v) is 3.53. The van der Waals surface area contributed by atoms with Gasteiger partial charge in [0, 0.05) is 44.2 Å². The number of piperazine rings is 1. The lowest BCUT2D eigenvalue weighted by Gasteiger charge is -2.36. The lowest BCUT2D eigenvalue weighted by Crippen LogP contribution is -2.49. The van der Waals surface area contributed by atoms with Gasteiger partial charge in [0.25, 0.3) is 11.6 Å². The third kappa shape index (κ3) is 4.71. The van der Waals surface area contributed by atoms with Crippen molar-refractivity contribution in [3.8, 4) is 0 Å². The zero-order valence-corrected chi connectivity index (χ0v) is 16.9. The molecule has 0 saturated carbocycles. The van der Waals surface area contributed by atoms with E-state index in [2.05, 4.69) is 0 Å². The summed E-state index contributed by atoms with van der Waals surface area (Å²) in [6.45, 7) is 1.95. The van der Waals surface area contributed by atoms with Gasteiger partial charge in [0.05, 0.1) is 21.7 Å². The Morgan fingerprint density at radius 3 is 2.31 bits per heavy atom. The Morgan fingerprint density at radius 1 is 1.12 bits per heavy atom. The monoisotopic (exact) mass is 453 g/mol. The highest BCUT2D eigenvalue weighted by Crippen LogP contribution is 2.35. The van der Waals surface area contributed by atoms with Gasteiger partial charge in [0.15, 0.2) is 0 Å². The molecular formula is C21H19F4N3O4. The van der Waals surface area contributed by atoms with E-state index in [-0.39, 0.29) is 31.9 Å². The number of carbonyl (C=O) groups excluding carboxylic acids is 2. The lowest BCUT2D eigenvalue weighted by molar-refractivity contribution is -0.384. The molecule has 170 valence electrons. The number of halogens is 4. The molecule has 3 rings (SSSR count). The molecule has 0 spiro atoms. The molecule has 1 atom stereocenters. The Bertz CT molecular complexity index is 1050. The van der Waals surface area contributed by atoms with E-state index in [0.29, 0.717) is 30.0 Å². The number of benzene rings is 2. The summed E-state index contributed by atoms with van der Waals surface area (Å²) in [4.78, 5) is 36.6. The van der Waals surface area contributed by atoms with Crippen molar-refractivity contribution >= 4 is 23.6 Å². The maximum Gasteiger partial charge on any atom is 0.417 e. The Morgan fingerprint density at radius 2 is 1.78 bits per heavy atom. The largest absolute Gasteiger partial charge is 0.417 e. The van der Waals surface area contributed by atoms with Crippen LogP contribution in [0.1, 0.15) is 34.3 Å². The second kappa shape index (κ2) is 8.93. The van der Waals surface area contributed by atoms with E-state index in [0.717, 1.165) is 4.90 Å². The second-order valence-corrected chi connectivity index (χ2v) is 7.40. The van der Waals surface area contributed by atoms with Crippen molar-refractivity contribution < 1.29 is 32.1 Å². The molecule has 1 saturated heterocycles. The van der Waals surface area contributed by atoms with Gasteiger partial charge >= 0.3 is 6.18 Å². The highest BCUT2D eigenvalue weighted by Gasteiger charge is 2.38. The number of aldehydes is 1. The van der Waals surface area contributed by atoms with Crippen LogP contribution in [0, 0.1) is 15.9 Å². The molecule has 2 aromatic rings. The topological polar surface area (TPSA) is 83.8 Å². The molecule has 1 aliphatic rings. The van der Waals surface area contributed by atoms with Crippen LogP contribution in [0.2, 0.25) is 0 Å². The number of carbonyl (C=O) groups is 2. The lowest BCUT2D eigenvalue weighted by atomic mass is 10.0. The quantitative estimate of drug-likeness (QED) is 0.296. The molecule has 32 heavy (non-hydrogen) atoms. The second-order valence-electron chi connectivity index (χ2n) is 7.40. The smallest absolute Gasteiger partial charge is 0.366 e. The SMILES string of the molecule is CC(C=O)c1ccc(N2CCN(C(=O)c3cc([N+](=O)[O-])ccc3C(F)(F)F)CC2)c(F)c1. The number of anilines is 1. The van der Waals surface area contributed by atoms with E-state index in [1.54, 1.807) is 17.9 Å². The number of nitro groups is 1. The van der Waals surface area contributed by atoms with Crippen molar-refractivity contribution in [3.63, 3.8) is 0 Å². The molecule has 7 nitrogen and oxygen atoms in total. The van der Waals surface area contributed by atoms with Crippen LogP contribution in [0.4, 0.5) is 28.9 Å². The van der Waals surface area contributed by atoms with E-state index < -0.39 is 45.6 Å². The van der Waals surface area contributed by atoms with Gasteiger partial charge in [0.1, 0.15) is 12.1 Å². The first-order valence-corrected chi connectivity index (χ1v) is 9.67. The number of hydrogen-bond acceptors (Lipinski definition) is 5. The van der Waals surface area contributed by atoms with E-state index in [9.17, 15) is 37.3 Å². The van der Waals surface area contributed by atoms with Gasteiger partial charge in [-0.3, -0.25) is 14.9 Å². The van der Waals surface area contributed by atoms with Crippen LogP contribution in [0.25, 0.3) is 0 Å². The number of hydrogen-bond donors (Lipinski definition) is 0. The zero-order valence-electron chi connectivity index (χ0n) is 16.9. The highest BCUT2D eigenvalue weighted by atomic mass is 19.4. The summed E-state index contributed by atoms with van der Waals surface area (Å²) < 4.78 is 54.5. The van der Waals surface area contributed by atoms with E-state index in [1.807, 2.05) is 0 Å². The van der Waals surface area contributed by atoms with Gasteiger partial charge in [-0.1, -0.05) is 13.0 Å². The standard InChI is InChI=1S/C21H19F4N3O4/c1-13(12-29)14-2-5-19(18(22)10-14)26-6-8-27(9-7-26)20(30)16-11-15(28(31)32)3-4-17(16)21(23,24)25/h2-5,10-13H,6-9H2,1H3. The summed E-state index contributed by atoms with van der Waals surface area (Å²) in [7, 11) is 0. The number of nitrogens with zero attached hydrogens (tertiary/aromatic N) is 3. The molecule has 0 radical (unpaired) electrons. The Labute approximate surface area is 180 Å². The fraction of sp³-hybridized carbons (Fsp3) is 0.333. The third-order valence-electron chi connectivity index (χ3n) is 5.36. The first-order chi connectivity index (χ1) is 15.0. The Balaban J connectivity index is 1.78. The summed E-state index contributed by atoms with van der Waals surface area (Å²) in [5, 5.41) is 11.0. The van der Waals surface area contributed by atoms with Crippen molar-refractivity contribution in [2.45, 2.75) is 19.0 Å². The molecule has 1 heterocycles. The van der Waals surface area contributed by atoms with E-state index in [1.165, 1.54) is 12.1 Å². The molecule has 11 heteroatoms. The molecule has 1 fully saturated rings. The number of alkyl halides is 3. The van der Waals surface area contributed by atoms with Crippen molar-refractivity contribution in [3.05, 3.63) is 69.0 Å². The van der Waals surface area contributed by atoms with E-state index in [4.69, 9.17) is 0 Å². The Kier molecular flexibility index (Phi) is 6.47. The molecular weight excluding hydrogens is 434 g/mol. The van der Waals surface area contributed by atoms with Gasteiger partial charge < -0.3 is 14.6 Å². The summed E-state index contributed by atoms with van der Waals surface area (Å²) >= 11 is 0. The van der Waals surface area contributed by atoms with Crippen LogP contribution >= 0.6 is 0 Å². The van der Waals surface area contributed by atoms with E-state index >= 15 is 0 Å². The number of amides is 1. The van der Waals surface area contributed by atoms with Crippen molar-refractivity contribution in [1.82, 2.24) is 4.90 Å². The molecule has 1 amide bonds. The fourth-order valence-electron chi connectivity index (χ4n) is 3.53. The minimum Gasteiger partial charge on any atom is -0.366 e. The molecule has 0 bridgehead atoms. The predicted octanol–water partition coefficient (Wildman–Crippen LogP) is 4.02. The third-order valence-corrected chi connectivity index (χ3v) is 5.36. The molecule has 0 aliphatic carbocycles. The maximum absolute atomic E-state index is 14.5. The first kappa shape index (κ1) is 23.2. The number of non-ortho nitro benzene ring substituents is 1. The molecule has 0 aromatic heterocycles. The summed E-state index contributed by atoms with van der Waals surface area (Å²) in [6.07, 6.45) is -4.16. The van der Waals surface area contributed by atoms with Gasteiger partial charge in [-0.05, 0) is 23.8 Å². The maximum atomic E-state index is 14.5. The molecule has 1 aliphatic heterocycles. The predicted molar refractivity (Wildman–Crippen MR) is 107 cm³/mol. The van der Waals surface area contributed by atoms with Crippen LogP contribution < -0.4 is 4.90 Å². The van der Waals surface area contributed by atoms with Crippen LogP contribution in [-0.2, 0) is 11.0 Å².